The number of hydrogen-bond donors (Lipinski definition) is 1. The predicted molar refractivity (Wildman–Crippen MR) is 107 cm³/mol. The normalized spacial score (nSPS) is 12.4. The van der Waals surface area contributed by atoms with Gasteiger partial charge in [0.05, 0.1) is 25.6 Å². The molecular formula is C19H24N4O2S. The molecule has 0 aliphatic heterocycles. The molecule has 1 N–H and O–H groups in total. The Morgan fingerprint density at radius 2 is 1.88 bits per heavy atom. The first-order valence-electron chi connectivity index (χ1n) is 8.37. The monoisotopic (exact) mass is 372 g/mol. The average Bonchev–Trinajstić information content (AvgIpc) is 3.02. The van der Waals surface area contributed by atoms with Crippen molar-refractivity contribution in [2.24, 2.45) is 0 Å². The van der Waals surface area contributed by atoms with E-state index in [1.165, 1.54) is 4.88 Å². The number of nitrogens with one attached hydrogen (secondary N) is 1. The number of ether oxygens (including phenoxy) is 2. The predicted octanol–water partition coefficient (Wildman–Crippen LogP) is 3.73. The van der Waals surface area contributed by atoms with Crippen LogP contribution in [0, 0.1) is 6.92 Å². The highest BCUT2D eigenvalue weighted by Crippen LogP contribution is 2.32. The minimum absolute atomic E-state index is 0.152. The number of thiophene rings is 1. The first-order chi connectivity index (χ1) is 12.5. The van der Waals surface area contributed by atoms with Crippen LogP contribution in [-0.2, 0) is 0 Å². The third-order valence-corrected chi connectivity index (χ3v) is 5.29. The third kappa shape index (κ3) is 3.73. The first-order valence-corrected chi connectivity index (χ1v) is 9.18. The smallest absolute Gasteiger partial charge is 0.161 e. The van der Waals surface area contributed by atoms with Crippen molar-refractivity contribution in [3.05, 3.63) is 41.0 Å². The van der Waals surface area contributed by atoms with E-state index in [1.807, 2.05) is 12.1 Å². The summed E-state index contributed by atoms with van der Waals surface area (Å²) in [6.45, 7) is 2.80. The number of fused-ring (bicyclic) bond motifs is 1. The van der Waals surface area contributed by atoms with Crippen molar-refractivity contribution in [1.29, 1.82) is 0 Å². The van der Waals surface area contributed by atoms with Crippen LogP contribution >= 0.6 is 11.3 Å². The number of rotatable bonds is 7. The summed E-state index contributed by atoms with van der Waals surface area (Å²) in [7, 11) is 7.42. The molecule has 0 bridgehead atoms. The maximum atomic E-state index is 5.45. The van der Waals surface area contributed by atoms with E-state index in [0.29, 0.717) is 6.54 Å². The number of hydrogen-bond acceptors (Lipinski definition) is 7. The highest BCUT2D eigenvalue weighted by Gasteiger charge is 2.17. The molecule has 26 heavy (non-hydrogen) atoms. The van der Waals surface area contributed by atoms with E-state index in [1.54, 1.807) is 31.9 Å². The quantitative estimate of drug-likeness (QED) is 0.682. The van der Waals surface area contributed by atoms with Crippen molar-refractivity contribution in [2.45, 2.75) is 13.0 Å². The van der Waals surface area contributed by atoms with Gasteiger partial charge >= 0.3 is 0 Å². The first kappa shape index (κ1) is 18.4. The topological polar surface area (TPSA) is 59.5 Å². The number of aromatic nitrogens is 2. The molecule has 0 amide bonds. The molecule has 0 spiro atoms. The number of nitrogens with zero attached hydrogens (tertiary/aromatic N) is 3. The van der Waals surface area contributed by atoms with Crippen LogP contribution < -0.4 is 14.8 Å². The van der Waals surface area contributed by atoms with Crippen molar-refractivity contribution < 1.29 is 9.47 Å². The highest BCUT2D eigenvalue weighted by atomic mass is 32.1. The third-order valence-electron chi connectivity index (χ3n) is 4.33. The van der Waals surface area contributed by atoms with Crippen molar-refractivity contribution >= 4 is 27.4 Å². The number of aryl methyl sites for hydroxylation is 1. The van der Waals surface area contributed by atoms with Crippen LogP contribution in [0.3, 0.4) is 0 Å². The summed E-state index contributed by atoms with van der Waals surface area (Å²) < 4.78 is 10.8. The summed E-state index contributed by atoms with van der Waals surface area (Å²) in [5, 5.41) is 4.56. The van der Waals surface area contributed by atoms with Gasteiger partial charge in [0.2, 0.25) is 0 Å². The summed E-state index contributed by atoms with van der Waals surface area (Å²) in [4.78, 5) is 13.2. The number of likely N-dealkylation sites (N-methyl/N-ethyl adjacent to an activating group) is 1. The van der Waals surface area contributed by atoms with Gasteiger partial charge in [-0.1, -0.05) is 6.07 Å². The minimum atomic E-state index is 0.152. The van der Waals surface area contributed by atoms with Crippen LogP contribution in [0.15, 0.2) is 30.6 Å². The minimum Gasteiger partial charge on any atom is -0.493 e. The molecule has 0 radical (unpaired) electrons. The van der Waals surface area contributed by atoms with Crippen LogP contribution in [0.4, 0.5) is 5.82 Å². The summed E-state index contributed by atoms with van der Waals surface area (Å²) >= 11 is 1.68. The molecule has 7 heteroatoms. The van der Waals surface area contributed by atoms with E-state index < -0.39 is 0 Å². The largest absolute Gasteiger partial charge is 0.493 e. The molecule has 1 unspecified atom stereocenters. The van der Waals surface area contributed by atoms with Crippen LogP contribution in [0.5, 0.6) is 11.5 Å². The second kappa shape index (κ2) is 7.88. The Hall–Kier alpha value is -2.38. The Balaban J connectivity index is 1.85. The molecule has 0 aliphatic rings. The second-order valence-electron chi connectivity index (χ2n) is 6.27. The van der Waals surface area contributed by atoms with Crippen molar-refractivity contribution in [3.63, 3.8) is 0 Å². The van der Waals surface area contributed by atoms with Gasteiger partial charge in [0, 0.05) is 11.4 Å². The molecule has 2 aromatic heterocycles. The summed E-state index contributed by atoms with van der Waals surface area (Å²) in [6.07, 6.45) is 1.61. The molecule has 0 fully saturated rings. The molecule has 3 aromatic rings. The molecule has 3 rings (SSSR count). The molecular weight excluding hydrogens is 348 g/mol. The molecule has 1 atom stereocenters. The lowest BCUT2D eigenvalue weighted by atomic mass is 10.0. The molecule has 0 saturated heterocycles. The van der Waals surface area contributed by atoms with Crippen LogP contribution in [0.1, 0.15) is 16.5 Å². The van der Waals surface area contributed by atoms with Crippen molar-refractivity contribution in [1.82, 2.24) is 14.9 Å². The SMILES string of the molecule is COc1ccc(C(CNc2ncnc3sc(C)cc23)N(C)C)cc1OC. The van der Waals surface area contributed by atoms with E-state index in [0.717, 1.165) is 33.1 Å². The number of benzene rings is 1. The Bertz CT molecular complexity index is 894. The lowest BCUT2D eigenvalue weighted by Crippen LogP contribution is -2.27. The zero-order valence-corrected chi connectivity index (χ0v) is 16.6. The van der Waals surface area contributed by atoms with E-state index in [-0.39, 0.29) is 6.04 Å². The van der Waals surface area contributed by atoms with Crippen molar-refractivity contribution in [3.8, 4) is 11.5 Å². The highest BCUT2D eigenvalue weighted by molar-refractivity contribution is 7.18. The van der Waals surface area contributed by atoms with Gasteiger partial charge in [0.15, 0.2) is 11.5 Å². The molecule has 6 nitrogen and oxygen atoms in total. The van der Waals surface area contributed by atoms with Gasteiger partial charge in [0.25, 0.3) is 0 Å². The van der Waals surface area contributed by atoms with Gasteiger partial charge in [-0.25, -0.2) is 9.97 Å². The molecule has 1 aromatic carbocycles. The molecule has 2 heterocycles. The molecule has 0 saturated carbocycles. The van der Waals surface area contributed by atoms with E-state index in [9.17, 15) is 0 Å². The van der Waals surface area contributed by atoms with E-state index in [4.69, 9.17) is 9.47 Å². The maximum Gasteiger partial charge on any atom is 0.161 e. The molecule has 0 aliphatic carbocycles. The van der Waals surface area contributed by atoms with Crippen molar-refractivity contribution in [2.75, 3.05) is 40.2 Å². The number of anilines is 1. The Morgan fingerprint density at radius 1 is 1.12 bits per heavy atom. The zero-order chi connectivity index (χ0) is 18.7. The van der Waals surface area contributed by atoms with Crippen LogP contribution in [0.2, 0.25) is 0 Å². The van der Waals surface area contributed by atoms with Gasteiger partial charge in [-0.15, -0.1) is 11.3 Å². The standard InChI is InChI=1S/C19H24N4O2S/c1-12-8-14-18(21-11-22-19(14)26-12)20-10-15(23(2)3)13-6-7-16(24-4)17(9-13)25-5/h6-9,11,15H,10H2,1-5H3,(H,20,21,22). The summed E-state index contributed by atoms with van der Waals surface area (Å²) in [5.41, 5.74) is 1.15. The van der Waals surface area contributed by atoms with Crippen LogP contribution in [0.25, 0.3) is 10.2 Å². The lowest BCUT2D eigenvalue weighted by molar-refractivity contribution is 0.308. The fraction of sp³-hybridized carbons (Fsp3) is 0.368. The van der Waals surface area contributed by atoms with E-state index in [2.05, 4.69) is 53.3 Å². The van der Waals surface area contributed by atoms with Gasteiger partial charge < -0.3 is 19.7 Å². The fourth-order valence-electron chi connectivity index (χ4n) is 2.97. The summed E-state index contributed by atoms with van der Waals surface area (Å²) in [6, 6.07) is 8.31. The zero-order valence-electron chi connectivity index (χ0n) is 15.7. The lowest BCUT2D eigenvalue weighted by Gasteiger charge is -2.26. The number of methoxy groups -OCH3 is 2. The Labute approximate surface area is 157 Å². The van der Waals surface area contributed by atoms with Gasteiger partial charge in [-0.2, -0.15) is 0 Å². The second-order valence-corrected chi connectivity index (χ2v) is 7.51. The molecule has 138 valence electrons. The Morgan fingerprint density at radius 3 is 2.58 bits per heavy atom. The fourth-order valence-corrected chi connectivity index (χ4v) is 3.82. The van der Waals surface area contributed by atoms with Crippen LogP contribution in [-0.4, -0.2) is 49.7 Å². The maximum absolute atomic E-state index is 5.45. The Kier molecular flexibility index (Phi) is 5.58. The summed E-state index contributed by atoms with van der Waals surface area (Å²) in [5.74, 6) is 2.33. The van der Waals surface area contributed by atoms with Gasteiger partial charge in [0.1, 0.15) is 17.0 Å². The van der Waals surface area contributed by atoms with Gasteiger partial charge in [-0.3, -0.25) is 0 Å². The average molecular weight is 372 g/mol. The van der Waals surface area contributed by atoms with Gasteiger partial charge in [-0.05, 0) is 44.8 Å². The van der Waals surface area contributed by atoms with E-state index >= 15 is 0 Å².